The van der Waals surface area contributed by atoms with E-state index >= 15 is 0 Å². The number of ether oxygens (including phenoxy) is 1. The third-order valence-electron chi connectivity index (χ3n) is 2.54. The van der Waals surface area contributed by atoms with Crippen LogP contribution in [0.5, 0.6) is 0 Å². The number of halogens is 1. The van der Waals surface area contributed by atoms with Crippen LogP contribution in [0.2, 0.25) is 0 Å². The van der Waals surface area contributed by atoms with Crippen molar-refractivity contribution in [1.29, 1.82) is 0 Å². The van der Waals surface area contributed by atoms with E-state index < -0.39 is 17.7 Å². The molecular formula is C14H13FN2O3S. The molecule has 0 aliphatic heterocycles. The van der Waals surface area contributed by atoms with Crippen LogP contribution in [0.15, 0.2) is 29.6 Å². The van der Waals surface area contributed by atoms with Gasteiger partial charge in [-0.05, 0) is 18.6 Å². The number of carbonyl (C=O) groups is 2. The zero-order valence-electron chi connectivity index (χ0n) is 11.3. The summed E-state index contributed by atoms with van der Waals surface area (Å²) in [6.07, 6.45) is -0.0962. The molecule has 0 fully saturated rings. The van der Waals surface area contributed by atoms with Crippen molar-refractivity contribution in [2.75, 3.05) is 11.9 Å². The molecule has 1 aromatic carbocycles. The number of hydrogen-bond acceptors (Lipinski definition) is 5. The average molecular weight is 308 g/mol. The molecule has 0 aliphatic carbocycles. The van der Waals surface area contributed by atoms with E-state index in [2.05, 4.69) is 10.3 Å². The Morgan fingerprint density at radius 1 is 1.38 bits per heavy atom. The SMILES string of the molecule is CCOC(=O)c1csc(NC(=O)Cc2ccccc2F)n1. The summed E-state index contributed by atoms with van der Waals surface area (Å²) in [4.78, 5) is 27.2. The topological polar surface area (TPSA) is 68.3 Å². The lowest BCUT2D eigenvalue weighted by atomic mass is 10.1. The van der Waals surface area contributed by atoms with Crippen molar-refractivity contribution in [3.8, 4) is 0 Å². The molecule has 1 N–H and O–H groups in total. The molecular weight excluding hydrogens is 295 g/mol. The van der Waals surface area contributed by atoms with Gasteiger partial charge in [0.25, 0.3) is 0 Å². The number of nitrogens with one attached hydrogen (secondary N) is 1. The zero-order chi connectivity index (χ0) is 15.2. The first-order valence-electron chi connectivity index (χ1n) is 6.26. The van der Waals surface area contributed by atoms with Gasteiger partial charge in [0, 0.05) is 5.38 Å². The lowest BCUT2D eigenvalue weighted by molar-refractivity contribution is -0.115. The minimum absolute atomic E-state index is 0.0962. The highest BCUT2D eigenvalue weighted by molar-refractivity contribution is 7.14. The highest BCUT2D eigenvalue weighted by Crippen LogP contribution is 2.17. The quantitative estimate of drug-likeness (QED) is 0.862. The molecule has 2 rings (SSSR count). The predicted octanol–water partition coefficient (Wildman–Crippen LogP) is 2.64. The van der Waals surface area contributed by atoms with Crippen LogP contribution in [0, 0.1) is 5.82 Å². The Hall–Kier alpha value is -2.28. The van der Waals surface area contributed by atoms with Gasteiger partial charge in [-0.15, -0.1) is 11.3 Å². The summed E-state index contributed by atoms with van der Waals surface area (Å²) in [6.45, 7) is 1.95. The second-order valence-corrected chi connectivity index (χ2v) is 4.93. The fourth-order valence-corrected chi connectivity index (χ4v) is 2.30. The van der Waals surface area contributed by atoms with E-state index in [0.717, 1.165) is 11.3 Å². The van der Waals surface area contributed by atoms with Crippen molar-refractivity contribution < 1.29 is 18.7 Å². The van der Waals surface area contributed by atoms with Crippen LogP contribution in [0.3, 0.4) is 0 Å². The number of benzene rings is 1. The largest absolute Gasteiger partial charge is 0.461 e. The normalized spacial score (nSPS) is 10.2. The summed E-state index contributed by atoms with van der Waals surface area (Å²) in [5, 5.41) is 4.30. The second-order valence-electron chi connectivity index (χ2n) is 4.07. The van der Waals surface area contributed by atoms with Crippen LogP contribution in [0.25, 0.3) is 0 Å². The molecule has 0 aliphatic rings. The summed E-state index contributed by atoms with van der Waals surface area (Å²) in [7, 11) is 0. The molecule has 2 aromatic rings. The number of rotatable bonds is 5. The maximum absolute atomic E-state index is 13.4. The number of carbonyl (C=O) groups excluding carboxylic acids is 2. The van der Waals surface area contributed by atoms with Gasteiger partial charge in [-0.1, -0.05) is 18.2 Å². The Kier molecular flexibility index (Phi) is 4.99. The minimum Gasteiger partial charge on any atom is -0.461 e. The molecule has 0 spiro atoms. The van der Waals surface area contributed by atoms with Gasteiger partial charge in [0.1, 0.15) is 5.82 Å². The van der Waals surface area contributed by atoms with E-state index in [1.165, 1.54) is 11.4 Å². The van der Waals surface area contributed by atoms with Gasteiger partial charge in [0.05, 0.1) is 13.0 Å². The van der Waals surface area contributed by atoms with Crippen LogP contribution >= 0.6 is 11.3 Å². The smallest absolute Gasteiger partial charge is 0.357 e. The summed E-state index contributed by atoms with van der Waals surface area (Å²) in [5.41, 5.74) is 0.445. The lowest BCUT2D eigenvalue weighted by Crippen LogP contribution is -2.15. The zero-order valence-corrected chi connectivity index (χ0v) is 12.1. The first kappa shape index (κ1) is 15.1. The van der Waals surface area contributed by atoms with E-state index in [9.17, 15) is 14.0 Å². The van der Waals surface area contributed by atoms with Crippen molar-refractivity contribution in [3.05, 3.63) is 46.7 Å². The van der Waals surface area contributed by atoms with Gasteiger partial charge in [0.2, 0.25) is 5.91 Å². The van der Waals surface area contributed by atoms with Crippen LogP contribution < -0.4 is 5.32 Å². The van der Waals surface area contributed by atoms with Gasteiger partial charge in [-0.25, -0.2) is 14.2 Å². The van der Waals surface area contributed by atoms with Gasteiger partial charge in [-0.2, -0.15) is 0 Å². The Labute approximate surface area is 124 Å². The van der Waals surface area contributed by atoms with E-state index in [-0.39, 0.29) is 23.9 Å². The second kappa shape index (κ2) is 6.94. The molecule has 21 heavy (non-hydrogen) atoms. The summed E-state index contributed by atoms with van der Waals surface area (Å²) in [6, 6.07) is 6.06. The maximum atomic E-state index is 13.4. The summed E-state index contributed by atoms with van der Waals surface area (Å²) >= 11 is 1.11. The van der Waals surface area contributed by atoms with E-state index in [4.69, 9.17) is 4.74 Å². The summed E-state index contributed by atoms with van der Waals surface area (Å²) in [5.74, 6) is -1.37. The Bertz CT molecular complexity index is 657. The first-order valence-corrected chi connectivity index (χ1v) is 7.14. The minimum atomic E-state index is -0.539. The van der Waals surface area contributed by atoms with Gasteiger partial charge < -0.3 is 10.1 Å². The van der Waals surface area contributed by atoms with Crippen molar-refractivity contribution >= 4 is 28.3 Å². The molecule has 1 amide bonds. The van der Waals surface area contributed by atoms with Crippen LogP contribution in [-0.2, 0) is 16.0 Å². The molecule has 0 bridgehead atoms. The first-order chi connectivity index (χ1) is 10.1. The highest BCUT2D eigenvalue weighted by atomic mass is 32.1. The third-order valence-corrected chi connectivity index (χ3v) is 3.30. The molecule has 1 heterocycles. The lowest BCUT2D eigenvalue weighted by Gasteiger charge is -2.03. The van der Waals surface area contributed by atoms with Crippen molar-refractivity contribution in [2.24, 2.45) is 0 Å². The molecule has 0 radical (unpaired) electrons. The fourth-order valence-electron chi connectivity index (χ4n) is 1.61. The van der Waals surface area contributed by atoms with Crippen LogP contribution in [-0.4, -0.2) is 23.5 Å². The molecule has 0 atom stereocenters. The Balaban J connectivity index is 1.97. The van der Waals surface area contributed by atoms with E-state index in [1.54, 1.807) is 25.1 Å². The Morgan fingerprint density at radius 3 is 2.86 bits per heavy atom. The standard InChI is InChI=1S/C14H13FN2O3S/c1-2-20-13(19)11-8-21-14(16-11)17-12(18)7-9-5-3-4-6-10(9)15/h3-6,8H,2,7H2,1H3,(H,16,17,18). The van der Waals surface area contributed by atoms with Gasteiger partial charge in [-0.3, -0.25) is 4.79 Å². The van der Waals surface area contributed by atoms with Gasteiger partial charge >= 0.3 is 5.97 Å². The van der Waals surface area contributed by atoms with Crippen molar-refractivity contribution in [3.63, 3.8) is 0 Å². The number of amides is 1. The number of aromatic nitrogens is 1. The third kappa shape index (κ3) is 4.09. The fraction of sp³-hybridized carbons (Fsp3) is 0.214. The monoisotopic (exact) mass is 308 g/mol. The Morgan fingerprint density at radius 2 is 2.14 bits per heavy atom. The molecule has 0 unspecified atom stereocenters. The molecule has 5 nitrogen and oxygen atoms in total. The van der Waals surface area contributed by atoms with Crippen LogP contribution in [0.4, 0.5) is 9.52 Å². The molecule has 1 aromatic heterocycles. The molecule has 7 heteroatoms. The molecule has 0 saturated heterocycles. The van der Waals surface area contributed by atoms with E-state index in [0.29, 0.717) is 5.56 Å². The number of hydrogen-bond donors (Lipinski definition) is 1. The number of anilines is 1. The van der Waals surface area contributed by atoms with Gasteiger partial charge in [0.15, 0.2) is 10.8 Å². The highest BCUT2D eigenvalue weighted by Gasteiger charge is 2.14. The number of esters is 1. The summed E-state index contributed by atoms with van der Waals surface area (Å²) < 4.78 is 18.2. The predicted molar refractivity (Wildman–Crippen MR) is 76.8 cm³/mol. The number of thiazole rings is 1. The van der Waals surface area contributed by atoms with Crippen molar-refractivity contribution in [2.45, 2.75) is 13.3 Å². The molecule has 110 valence electrons. The maximum Gasteiger partial charge on any atom is 0.357 e. The average Bonchev–Trinajstić information content (AvgIpc) is 2.90. The van der Waals surface area contributed by atoms with Crippen LogP contribution in [0.1, 0.15) is 23.0 Å². The van der Waals surface area contributed by atoms with Crippen molar-refractivity contribution in [1.82, 2.24) is 4.98 Å². The molecule has 0 saturated carbocycles. The number of nitrogens with zero attached hydrogens (tertiary/aromatic N) is 1. The van der Waals surface area contributed by atoms with E-state index in [1.807, 2.05) is 0 Å².